The normalized spacial score (nSPS) is 23.3. The summed E-state index contributed by atoms with van der Waals surface area (Å²) in [5, 5.41) is 5.02. The highest BCUT2D eigenvalue weighted by Crippen LogP contribution is 2.24. The number of hydrogen-bond donors (Lipinski definition) is 1. The van der Waals surface area contributed by atoms with Gasteiger partial charge in [0, 0.05) is 43.8 Å². The molecule has 0 aliphatic heterocycles. The molecule has 0 bridgehead atoms. The van der Waals surface area contributed by atoms with Crippen molar-refractivity contribution in [3.8, 4) is 0 Å². The number of aromatic nitrogens is 1. The van der Waals surface area contributed by atoms with Crippen molar-refractivity contribution in [3.05, 3.63) is 36.0 Å². The summed E-state index contributed by atoms with van der Waals surface area (Å²) in [6, 6.07) is 9.09. The molecule has 2 aromatic rings. The second-order valence-corrected chi connectivity index (χ2v) is 5.47. The number of nitrogens with one attached hydrogen (secondary N) is 1. The van der Waals surface area contributed by atoms with Gasteiger partial charge in [-0.05, 0) is 30.9 Å². The summed E-state index contributed by atoms with van der Waals surface area (Å²) in [5.41, 5.74) is 2.67. The van der Waals surface area contributed by atoms with Crippen molar-refractivity contribution in [2.45, 2.75) is 38.0 Å². The first-order valence-electron chi connectivity index (χ1n) is 7.08. The molecule has 1 heterocycles. The number of benzene rings is 1. The summed E-state index contributed by atoms with van der Waals surface area (Å²) >= 11 is 0. The Morgan fingerprint density at radius 1 is 1.32 bits per heavy atom. The lowest BCUT2D eigenvalue weighted by Crippen LogP contribution is -2.36. The summed E-state index contributed by atoms with van der Waals surface area (Å²) in [6.45, 7) is 0.922. The molecule has 1 fully saturated rings. The molecule has 2 unspecified atom stereocenters. The maximum atomic E-state index is 5.54. The van der Waals surface area contributed by atoms with Crippen LogP contribution in [0.2, 0.25) is 0 Å². The molecule has 3 heteroatoms. The fraction of sp³-hybridized carbons (Fsp3) is 0.500. The van der Waals surface area contributed by atoms with E-state index in [4.69, 9.17) is 4.74 Å². The largest absolute Gasteiger partial charge is 0.380 e. The van der Waals surface area contributed by atoms with E-state index in [0.717, 1.165) is 6.54 Å². The average Bonchev–Trinajstić information content (AvgIpc) is 3.02. The van der Waals surface area contributed by atoms with Gasteiger partial charge in [-0.1, -0.05) is 18.2 Å². The molecule has 1 aromatic heterocycles. The van der Waals surface area contributed by atoms with Crippen LogP contribution in [0.25, 0.3) is 10.9 Å². The van der Waals surface area contributed by atoms with E-state index in [1.807, 2.05) is 7.11 Å². The maximum absolute atomic E-state index is 5.54. The molecular weight excluding hydrogens is 236 g/mol. The van der Waals surface area contributed by atoms with Crippen LogP contribution in [0.5, 0.6) is 0 Å². The molecule has 3 rings (SSSR count). The molecule has 0 spiro atoms. The molecule has 1 aliphatic rings. The molecule has 3 nitrogen and oxygen atoms in total. The lowest BCUT2D eigenvalue weighted by Gasteiger charge is -2.19. The summed E-state index contributed by atoms with van der Waals surface area (Å²) in [4.78, 5) is 0. The van der Waals surface area contributed by atoms with Gasteiger partial charge in [-0.15, -0.1) is 0 Å². The smallest absolute Gasteiger partial charge is 0.0724 e. The van der Waals surface area contributed by atoms with Crippen LogP contribution in [-0.2, 0) is 18.3 Å². The van der Waals surface area contributed by atoms with Gasteiger partial charge < -0.3 is 14.6 Å². The fourth-order valence-electron chi connectivity index (χ4n) is 3.25. The number of hydrogen-bond acceptors (Lipinski definition) is 2. The van der Waals surface area contributed by atoms with Crippen LogP contribution in [0.4, 0.5) is 0 Å². The zero-order valence-corrected chi connectivity index (χ0v) is 11.7. The third-order valence-electron chi connectivity index (χ3n) is 4.29. The number of nitrogens with zero attached hydrogens (tertiary/aromatic N) is 1. The van der Waals surface area contributed by atoms with Crippen LogP contribution in [0, 0.1) is 0 Å². The maximum Gasteiger partial charge on any atom is 0.0724 e. The highest BCUT2D eigenvalue weighted by molar-refractivity contribution is 5.83. The standard InChI is InChI=1S/C16H22N2O/c1-18-11-12(13-6-3-4-8-15(13)18)10-17-14-7-5-9-16(14)19-2/h3-4,6,8,11,14,16-17H,5,7,9-10H2,1-2H3. The van der Waals surface area contributed by atoms with Crippen molar-refractivity contribution in [3.63, 3.8) is 0 Å². The molecule has 1 saturated carbocycles. The second kappa shape index (κ2) is 5.35. The predicted molar refractivity (Wildman–Crippen MR) is 78.2 cm³/mol. The Labute approximate surface area is 114 Å². The first-order valence-corrected chi connectivity index (χ1v) is 7.08. The van der Waals surface area contributed by atoms with Crippen LogP contribution < -0.4 is 5.32 Å². The van der Waals surface area contributed by atoms with E-state index in [0.29, 0.717) is 12.1 Å². The van der Waals surface area contributed by atoms with Gasteiger partial charge in [0.05, 0.1) is 6.10 Å². The van der Waals surface area contributed by atoms with E-state index < -0.39 is 0 Å². The Morgan fingerprint density at radius 3 is 3.00 bits per heavy atom. The lowest BCUT2D eigenvalue weighted by atomic mass is 10.1. The van der Waals surface area contributed by atoms with Gasteiger partial charge in [0.2, 0.25) is 0 Å². The Kier molecular flexibility index (Phi) is 3.58. The number of para-hydroxylation sites is 1. The first kappa shape index (κ1) is 12.7. The molecule has 1 aromatic carbocycles. The summed E-state index contributed by atoms with van der Waals surface area (Å²) < 4.78 is 7.74. The number of fused-ring (bicyclic) bond motifs is 1. The predicted octanol–water partition coefficient (Wildman–Crippen LogP) is 2.84. The minimum Gasteiger partial charge on any atom is -0.380 e. The van der Waals surface area contributed by atoms with Crippen LogP contribution in [0.15, 0.2) is 30.5 Å². The highest BCUT2D eigenvalue weighted by Gasteiger charge is 2.26. The zero-order chi connectivity index (χ0) is 13.2. The van der Waals surface area contributed by atoms with Crippen LogP contribution in [0.3, 0.4) is 0 Å². The molecular formula is C16H22N2O. The monoisotopic (exact) mass is 258 g/mol. The van der Waals surface area contributed by atoms with Crippen LogP contribution in [-0.4, -0.2) is 23.8 Å². The van der Waals surface area contributed by atoms with E-state index in [-0.39, 0.29) is 0 Å². The number of ether oxygens (including phenoxy) is 1. The fourth-order valence-corrected chi connectivity index (χ4v) is 3.25. The Morgan fingerprint density at radius 2 is 2.16 bits per heavy atom. The van der Waals surface area contributed by atoms with E-state index in [1.54, 1.807) is 0 Å². The van der Waals surface area contributed by atoms with Gasteiger partial charge in [-0.3, -0.25) is 0 Å². The SMILES string of the molecule is COC1CCCC1NCc1cn(C)c2ccccc12. The Balaban J connectivity index is 1.75. The highest BCUT2D eigenvalue weighted by atomic mass is 16.5. The van der Waals surface area contributed by atoms with Crippen molar-refractivity contribution in [1.29, 1.82) is 0 Å². The second-order valence-electron chi connectivity index (χ2n) is 5.47. The minimum absolute atomic E-state index is 0.384. The van der Waals surface area contributed by atoms with Gasteiger partial charge in [0.25, 0.3) is 0 Å². The van der Waals surface area contributed by atoms with Crippen molar-refractivity contribution in [1.82, 2.24) is 9.88 Å². The molecule has 1 aliphatic carbocycles. The van der Waals surface area contributed by atoms with E-state index in [9.17, 15) is 0 Å². The average molecular weight is 258 g/mol. The molecule has 0 amide bonds. The van der Waals surface area contributed by atoms with Gasteiger partial charge in [0.1, 0.15) is 0 Å². The number of rotatable bonds is 4. The third kappa shape index (κ3) is 2.40. The van der Waals surface area contributed by atoms with E-state index >= 15 is 0 Å². The van der Waals surface area contributed by atoms with Crippen molar-refractivity contribution in [2.24, 2.45) is 7.05 Å². The number of methoxy groups -OCH3 is 1. The quantitative estimate of drug-likeness (QED) is 0.912. The van der Waals surface area contributed by atoms with Crippen molar-refractivity contribution >= 4 is 10.9 Å². The summed E-state index contributed by atoms with van der Waals surface area (Å²) in [7, 11) is 3.93. The Bertz CT molecular complexity index is 561. The van der Waals surface area contributed by atoms with Crippen LogP contribution >= 0.6 is 0 Å². The molecule has 102 valence electrons. The Hall–Kier alpha value is -1.32. The van der Waals surface area contributed by atoms with Gasteiger partial charge >= 0.3 is 0 Å². The third-order valence-corrected chi connectivity index (χ3v) is 4.29. The minimum atomic E-state index is 0.384. The zero-order valence-electron chi connectivity index (χ0n) is 11.7. The van der Waals surface area contributed by atoms with E-state index in [2.05, 4.69) is 47.4 Å². The number of aryl methyl sites for hydroxylation is 1. The van der Waals surface area contributed by atoms with Gasteiger partial charge in [-0.2, -0.15) is 0 Å². The lowest BCUT2D eigenvalue weighted by molar-refractivity contribution is 0.0847. The molecule has 0 radical (unpaired) electrons. The van der Waals surface area contributed by atoms with Gasteiger partial charge in [0.15, 0.2) is 0 Å². The topological polar surface area (TPSA) is 26.2 Å². The first-order chi connectivity index (χ1) is 9.29. The molecule has 19 heavy (non-hydrogen) atoms. The van der Waals surface area contributed by atoms with Crippen molar-refractivity contribution < 1.29 is 4.74 Å². The molecule has 1 N–H and O–H groups in total. The van der Waals surface area contributed by atoms with Gasteiger partial charge in [-0.25, -0.2) is 0 Å². The summed E-state index contributed by atoms with van der Waals surface area (Å²) in [5.74, 6) is 0. The van der Waals surface area contributed by atoms with E-state index in [1.165, 1.54) is 35.7 Å². The van der Waals surface area contributed by atoms with Crippen LogP contribution in [0.1, 0.15) is 24.8 Å². The van der Waals surface area contributed by atoms with Crippen molar-refractivity contribution in [2.75, 3.05) is 7.11 Å². The molecule has 0 saturated heterocycles. The summed E-state index contributed by atoms with van der Waals surface area (Å²) in [6.07, 6.45) is 6.29. The molecule has 2 atom stereocenters.